The Hall–Kier alpha value is -2.62. The molecule has 9 heteroatoms. The van der Waals surface area contributed by atoms with Crippen molar-refractivity contribution in [2.75, 3.05) is 17.2 Å². The molecule has 0 aromatic heterocycles. The number of nitrogens with one attached hydrogen (secondary N) is 1. The molecule has 0 aliphatic rings. The third-order valence-corrected chi connectivity index (χ3v) is 5.18. The van der Waals surface area contributed by atoms with Crippen LogP contribution in [0.1, 0.15) is 37.0 Å². The van der Waals surface area contributed by atoms with Crippen molar-refractivity contribution in [1.29, 1.82) is 0 Å². The molecule has 2 rings (SSSR count). The number of carbonyl (C=O) groups is 1. The first-order valence-electron chi connectivity index (χ1n) is 9.22. The van der Waals surface area contributed by atoms with Crippen LogP contribution in [0, 0.1) is 0 Å². The lowest BCUT2D eigenvalue weighted by molar-refractivity contribution is 0.144. The first-order valence-corrected chi connectivity index (χ1v) is 11.1. The average molecular weight is 423 g/mol. The molecule has 0 saturated carbocycles. The van der Waals surface area contributed by atoms with E-state index in [9.17, 15) is 18.3 Å². The van der Waals surface area contributed by atoms with Crippen LogP contribution in [0.4, 0.5) is 10.5 Å². The SMILES string of the molecule is CCCC(O)c1ccc(N(NCCc2cccc(OC(=O)O)c2)S(C)(=O)=O)cc1. The van der Waals surface area contributed by atoms with Gasteiger partial charge in [0.1, 0.15) is 5.75 Å². The number of hydrazine groups is 1. The van der Waals surface area contributed by atoms with E-state index in [1.807, 2.05) is 6.92 Å². The Morgan fingerprint density at radius 2 is 1.90 bits per heavy atom. The number of hydrogen-bond acceptors (Lipinski definition) is 6. The molecule has 2 aromatic carbocycles. The number of benzene rings is 2. The molecular formula is C20H26N2O6S. The monoisotopic (exact) mass is 422 g/mol. The summed E-state index contributed by atoms with van der Waals surface area (Å²) in [7, 11) is -3.58. The van der Waals surface area contributed by atoms with Gasteiger partial charge in [0.25, 0.3) is 0 Å². The zero-order chi connectivity index (χ0) is 21.4. The minimum atomic E-state index is -3.58. The predicted octanol–water partition coefficient (Wildman–Crippen LogP) is 3.09. The summed E-state index contributed by atoms with van der Waals surface area (Å²) >= 11 is 0. The van der Waals surface area contributed by atoms with E-state index in [1.165, 1.54) is 6.07 Å². The van der Waals surface area contributed by atoms with Gasteiger partial charge in [0.2, 0.25) is 10.0 Å². The number of carboxylic acid groups (broad SMARTS) is 1. The number of aliphatic hydroxyl groups excluding tert-OH is 1. The van der Waals surface area contributed by atoms with E-state index in [4.69, 9.17) is 5.11 Å². The van der Waals surface area contributed by atoms with Crippen molar-refractivity contribution < 1.29 is 28.2 Å². The third kappa shape index (κ3) is 7.04. The molecule has 0 heterocycles. The molecule has 0 fully saturated rings. The number of nitrogens with zero attached hydrogens (tertiary/aromatic N) is 1. The van der Waals surface area contributed by atoms with E-state index in [0.717, 1.165) is 28.2 Å². The Bertz CT molecular complexity index is 915. The van der Waals surface area contributed by atoms with E-state index in [2.05, 4.69) is 10.2 Å². The molecule has 0 bridgehead atoms. The van der Waals surface area contributed by atoms with E-state index in [0.29, 0.717) is 25.1 Å². The summed E-state index contributed by atoms with van der Waals surface area (Å²) < 4.78 is 30.1. The summed E-state index contributed by atoms with van der Waals surface area (Å²) in [6, 6.07) is 13.3. The molecule has 0 spiro atoms. The van der Waals surface area contributed by atoms with Gasteiger partial charge in [-0.05, 0) is 48.2 Å². The summed E-state index contributed by atoms with van der Waals surface area (Å²) in [6.07, 6.45) is 1.07. The maximum Gasteiger partial charge on any atom is 0.511 e. The van der Waals surface area contributed by atoms with Gasteiger partial charge >= 0.3 is 6.16 Å². The van der Waals surface area contributed by atoms with Crippen molar-refractivity contribution in [3.8, 4) is 5.75 Å². The lowest BCUT2D eigenvalue weighted by atomic mass is 10.1. The molecule has 1 unspecified atom stereocenters. The van der Waals surface area contributed by atoms with Gasteiger partial charge in [-0.15, -0.1) is 0 Å². The maximum atomic E-state index is 12.2. The van der Waals surface area contributed by atoms with Crippen molar-refractivity contribution in [2.45, 2.75) is 32.3 Å². The molecule has 8 nitrogen and oxygen atoms in total. The smallest absolute Gasteiger partial charge is 0.449 e. The predicted molar refractivity (Wildman–Crippen MR) is 110 cm³/mol. The van der Waals surface area contributed by atoms with E-state index in [1.54, 1.807) is 42.5 Å². The fourth-order valence-corrected chi connectivity index (χ4v) is 3.67. The van der Waals surface area contributed by atoms with Gasteiger partial charge in [-0.3, -0.25) is 0 Å². The van der Waals surface area contributed by atoms with Crippen LogP contribution < -0.4 is 14.6 Å². The molecule has 0 radical (unpaired) electrons. The van der Waals surface area contributed by atoms with Gasteiger partial charge < -0.3 is 14.9 Å². The van der Waals surface area contributed by atoms with Gasteiger partial charge in [-0.1, -0.05) is 37.6 Å². The first kappa shape index (κ1) is 22.7. The Kier molecular flexibility index (Phi) is 8.00. The molecule has 0 saturated heterocycles. The van der Waals surface area contributed by atoms with Crippen LogP contribution in [0.15, 0.2) is 48.5 Å². The number of aliphatic hydroxyl groups is 1. The van der Waals surface area contributed by atoms with Crippen LogP contribution in [0.25, 0.3) is 0 Å². The van der Waals surface area contributed by atoms with Gasteiger partial charge in [0.15, 0.2) is 0 Å². The van der Waals surface area contributed by atoms with Crippen LogP contribution in [-0.4, -0.2) is 37.6 Å². The first-order chi connectivity index (χ1) is 13.7. The van der Waals surface area contributed by atoms with Gasteiger partial charge in [0.05, 0.1) is 18.0 Å². The summed E-state index contributed by atoms with van der Waals surface area (Å²) in [4.78, 5) is 10.6. The molecule has 0 aliphatic carbocycles. The van der Waals surface area contributed by atoms with Gasteiger partial charge in [0, 0.05) is 6.54 Å². The normalized spacial score (nSPS) is 12.4. The Morgan fingerprint density at radius 1 is 1.21 bits per heavy atom. The van der Waals surface area contributed by atoms with Crippen LogP contribution in [0.5, 0.6) is 5.75 Å². The zero-order valence-electron chi connectivity index (χ0n) is 16.4. The molecule has 0 amide bonds. The second-order valence-electron chi connectivity index (χ2n) is 6.60. The van der Waals surface area contributed by atoms with Crippen molar-refractivity contribution in [3.05, 3.63) is 59.7 Å². The minimum Gasteiger partial charge on any atom is -0.449 e. The van der Waals surface area contributed by atoms with Gasteiger partial charge in [-0.25, -0.2) is 23.1 Å². The van der Waals surface area contributed by atoms with Crippen LogP contribution in [0.2, 0.25) is 0 Å². The molecule has 2 aromatic rings. The van der Waals surface area contributed by atoms with E-state index >= 15 is 0 Å². The highest BCUT2D eigenvalue weighted by atomic mass is 32.2. The van der Waals surface area contributed by atoms with Crippen molar-refractivity contribution in [1.82, 2.24) is 5.43 Å². The molecule has 3 N–H and O–H groups in total. The number of hydrogen-bond donors (Lipinski definition) is 3. The largest absolute Gasteiger partial charge is 0.511 e. The van der Waals surface area contributed by atoms with E-state index in [-0.39, 0.29) is 5.75 Å². The highest BCUT2D eigenvalue weighted by Gasteiger charge is 2.17. The number of rotatable bonds is 10. The summed E-state index contributed by atoms with van der Waals surface area (Å²) in [5.41, 5.74) is 4.85. The Labute approximate surface area is 170 Å². The lowest BCUT2D eigenvalue weighted by Crippen LogP contribution is -2.43. The Balaban J connectivity index is 2.06. The number of sulfonamides is 1. The van der Waals surface area contributed by atoms with Crippen LogP contribution in [-0.2, 0) is 16.4 Å². The maximum absolute atomic E-state index is 12.2. The van der Waals surface area contributed by atoms with E-state index < -0.39 is 22.3 Å². The zero-order valence-corrected chi connectivity index (χ0v) is 17.2. The molecule has 29 heavy (non-hydrogen) atoms. The van der Waals surface area contributed by atoms with Crippen molar-refractivity contribution in [3.63, 3.8) is 0 Å². The molecular weight excluding hydrogens is 396 g/mol. The van der Waals surface area contributed by atoms with Crippen LogP contribution in [0.3, 0.4) is 0 Å². The third-order valence-electron chi connectivity index (χ3n) is 4.18. The molecule has 0 aliphatic heterocycles. The topological polar surface area (TPSA) is 116 Å². The Morgan fingerprint density at radius 3 is 2.48 bits per heavy atom. The van der Waals surface area contributed by atoms with Crippen molar-refractivity contribution >= 4 is 21.9 Å². The highest BCUT2D eigenvalue weighted by molar-refractivity contribution is 7.92. The van der Waals surface area contributed by atoms with Crippen molar-refractivity contribution in [2.24, 2.45) is 0 Å². The fourth-order valence-electron chi connectivity index (χ4n) is 2.84. The summed E-state index contributed by atoms with van der Waals surface area (Å²) in [5, 5.41) is 18.7. The lowest BCUT2D eigenvalue weighted by Gasteiger charge is -2.23. The quantitative estimate of drug-likeness (QED) is 0.306. The second-order valence-corrected chi connectivity index (χ2v) is 8.43. The number of anilines is 1. The van der Waals surface area contributed by atoms with Crippen LogP contribution >= 0.6 is 0 Å². The summed E-state index contributed by atoms with van der Waals surface area (Å²) in [5.74, 6) is 0.205. The summed E-state index contributed by atoms with van der Waals surface area (Å²) in [6.45, 7) is 2.28. The fraction of sp³-hybridized carbons (Fsp3) is 0.350. The minimum absolute atomic E-state index is 0.205. The molecule has 1 atom stereocenters. The van der Waals surface area contributed by atoms with Gasteiger partial charge in [-0.2, -0.15) is 0 Å². The molecule has 158 valence electrons. The highest BCUT2D eigenvalue weighted by Crippen LogP contribution is 2.22. The average Bonchev–Trinajstić information content (AvgIpc) is 2.64. The second kappa shape index (κ2) is 10.2. The standard InChI is InChI=1S/C20H26N2O6S/c1-3-5-19(23)16-8-10-17(11-9-16)22(29(2,26)27)21-13-12-15-6-4-7-18(14-15)28-20(24)25/h4,6-11,14,19,21,23H,3,5,12-13H2,1-2H3,(H,24,25). The number of ether oxygens (including phenoxy) is 1.